The summed E-state index contributed by atoms with van der Waals surface area (Å²) in [7, 11) is 0. The number of carbonyl (C=O) groups is 1. The van der Waals surface area contributed by atoms with Crippen LogP contribution in [-0.2, 0) is 11.2 Å². The lowest BCUT2D eigenvalue weighted by molar-refractivity contribution is -0.122. The second kappa shape index (κ2) is 7.69. The number of amides is 1. The van der Waals surface area contributed by atoms with Crippen LogP contribution in [0.1, 0.15) is 19.4 Å². The minimum Gasteiger partial charge on any atom is -0.352 e. The SMILES string of the molecule is CC(Cc1cccc(Br)c1)NC(=O)[C@H](C)N.Cl. The topological polar surface area (TPSA) is 55.1 Å². The van der Waals surface area contributed by atoms with Gasteiger partial charge in [0.25, 0.3) is 0 Å². The van der Waals surface area contributed by atoms with E-state index in [0.29, 0.717) is 0 Å². The third-order valence-electron chi connectivity index (χ3n) is 2.23. The Hall–Kier alpha value is -0.580. The number of hydrogen-bond acceptors (Lipinski definition) is 2. The second-order valence-corrected chi connectivity index (χ2v) is 4.95. The number of benzene rings is 1. The molecule has 17 heavy (non-hydrogen) atoms. The van der Waals surface area contributed by atoms with Gasteiger partial charge >= 0.3 is 0 Å². The molecule has 1 unspecified atom stereocenters. The number of nitrogens with one attached hydrogen (secondary N) is 1. The number of rotatable bonds is 4. The Labute approximate surface area is 117 Å². The number of hydrogen-bond donors (Lipinski definition) is 2. The largest absolute Gasteiger partial charge is 0.352 e. The maximum Gasteiger partial charge on any atom is 0.236 e. The molecule has 5 heteroatoms. The monoisotopic (exact) mass is 320 g/mol. The van der Waals surface area contributed by atoms with Crippen LogP contribution in [0.25, 0.3) is 0 Å². The van der Waals surface area contributed by atoms with Crippen LogP contribution < -0.4 is 11.1 Å². The first-order chi connectivity index (χ1) is 7.49. The molecular weight excluding hydrogens is 304 g/mol. The fourth-order valence-electron chi connectivity index (χ4n) is 1.44. The molecule has 96 valence electrons. The van der Waals surface area contributed by atoms with Crippen LogP contribution in [0, 0.1) is 0 Å². The third kappa shape index (κ3) is 6.05. The smallest absolute Gasteiger partial charge is 0.236 e. The average Bonchev–Trinajstić information content (AvgIpc) is 2.16. The zero-order valence-corrected chi connectivity index (χ0v) is 12.3. The van der Waals surface area contributed by atoms with Gasteiger partial charge in [-0.25, -0.2) is 0 Å². The highest BCUT2D eigenvalue weighted by Crippen LogP contribution is 2.13. The molecule has 1 aromatic carbocycles. The summed E-state index contributed by atoms with van der Waals surface area (Å²) in [6.45, 7) is 3.66. The van der Waals surface area contributed by atoms with E-state index in [4.69, 9.17) is 5.73 Å². The van der Waals surface area contributed by atoms with E-state index >= 15 is 0 Å². The van der Waals surface area contributed by atoms with Crippen molar-refractivity contribution in [3.63, 3.8) is 0 Å². The van der Waals surface area contributed by atoms with Crippen LogP contribution in [-0.4, -0.2) is 18.0 Å². The van der Waals surface area contributed by atoms with Crippen molar-refractivity contribution in [1.82, 2.24) is 5.32 Å². The molecule has 0 spiro atoms. The number of carbonyl (C=O) groups excluding carboxylic acids is 1. The number of nitrogens with two attached hydrogens (primary N) is 1. The van der Waals surface area contributed by atoms with Gasteiger partial charge in [-0.15, -0.1) is 12.4 Å². The molecule has 0 aliphatic rings. The molecule has 2 atom stereocenters. The molecule has 0 saturated heterocycles. The van der Waals surface area contributed by atoms with E-state index in [1.165, 1.54) is 5.56 Å². The molecule has 0 radical (unpaired) electrons. The highest BCUT2D eigenvalue weighted by atomic mass is 79.9. The Morgan fingerprint density at radius 3 is 2.65 bits per heavy atom. The zero-order chi connectivity index (χ0) is 12.1. The van der Waals surface area contributed by atoms with Gasteiger partial charge in [-0.05, 0) is 38.0 Å². The fourth-order valence-corrected chi connectivity index (χ4v) is 1.89. The predicted octanol–water partition coefficient (Wildman–Crippen LogP) is 2.27. The van der Waals surface area contributed by atoms with Crippen molar-refractivity contribution >= 4 is 34.2 Å². The number of halogens is 2. The molecule has 0 aromatic heterocycles. The molecular formula is C12H18BrClN2O. The molecule has 0 saturated carbocycles. The molecule has 1 aromatic rings. The lowest BCUT2D eigenvalue weighted by atomic mass is 10.1. The van der Waals surface area contributed by atoms with Crippen molar-refractivity contribution in [2.75, 3.05) is 0 Å². The van der Waals surface area contributed by atoms with E-state index in [-0.39, 0.29) is 24.4 Å². The predicted molar refractivity (Wildman–Crippen MR) is 76.3 cm³/mol. The van der Waals surface area contributed by atoms with Crippen LogP contribution in [0.15, 0.2) is 28.7 Å². The van der Waals surface area contributed by atoms with Crippen molar-refractivity contribution < 1.29 is 4.79 Å². The van der Waals surface area contributed by atoms with E-state index < -0.39 is 6.04 Å². The van der Waals surface area contributed by atoms with Gasteiger partial charge in [0.2, 0.25) is 5.91 Å². The van der Waals surface area contributed by atoms with Crippen molar-refractivity contribution in [2.24, 2.45) is 5.73 Å². The van der Waals surface area contributed by atoms with Gasteiger partial charge in [-0.1, -0.05) is 28.1 Å². The normalized spacial score (nSPS) is 13.4. The molecule has 0 fully saturated rings. The minimum atomic E-state index is -0.454. The van der Waals surface area contributed by atoms with Crippen molar-refractivity contribution in [1.29, 1.82) is 0 Å². The highest BCUT2D eigenvalue weighted by molar-refractivity contribution is 9.10. The van der Waals surface area contributed by atoms with Crippen LogP contribution in [0.3, 0.4) is 0 Å². The fraction of sp³-hybridized carbons (Fsp3) is 0.417. The van der Waals surface area contributed by atoms with Gasteiger partial charge in [0, 0.05) is 10.5 Å². The van der Waals surface area contributed by atoms with E-state index in [9.17, 15) is 4.79 Å². The molecule has 0 bridgehead atoms. The van der Waals surface area contributed by atoms with Crippen LogP contribution in [0.2, 0.25) is 0 Å². The Morgan fingerprint density at radius 2 is 2.12 bits per heavy atom. The zero-order valence-electron chi connectivity index (χ0n) is 9.94. The van der Waals surface area contributed by atoms with E-state index in [1.807, 2.05) is 25.1 Å². The van der Waals surface area contributed by atoms with Crippen LogP contribution in [0.5, 0.6) is 0 Å². The molecule has 1 amide bonds. The lowest BCUT2D eigenvalue weighted by Gasteiger charge is -2.15. The van der Waals surface area contributed by atoms with Crippen molar-refractivity contribution in [2.45, 2.75) is 32.4 Å². The summed E-state index contributed by atoms with van der Waals surface area (Å²) in [5.74, 6) is -0.109. The standard InChI is InChI=1S/C12H17BrN2O.ClH/c1-8(15-12(16)9(2)14)6-10-4-3-5-11(13)7-10;/h3-5,7-9H,6,14H2,1-2H3,(H,15,16);1H/t8?,9-;/m0./s1. The molecule has 0 aliphatic heterocycles. The lowest BCUT2D eigenvalue weighted by Crippen LogP contribution is -2.43. The molecule has 0 aliphatic carbocycles. The first-order valence-corrected chi connectivity index (χ1v) is 6.08. The molecule has 3 nitrogen and oxygen atoms in total. The maximum atomic E-state index is 11.4. The first-order valence-electron chi connectivity index (χ1n) is 5.29. The summed E-state index contributed by atoms with van der Waals surface area (Å²) in [5, 5.41) is 2.87. The summed E-state index contributed by atoms with van der Waals surface area (Å²) >= 11 is 3.42. The van der Waals surface area contributed by atoms with Gasteiger partial charge in [-0.3, -0.25) is 4.79 Å². The summed E-state index contributed by atoms with van der Waals surface area (Å²) in [5.41, 5.74) is 6.67. The van der Waals surface area contributed by atoms with Gasteiger partial charge in [0.15, 0.2) is 0 Å². The van der Waals surface area contributed by atoms with Crippen molar-refractivity contribution in [3.05, 3.63) is 34.3 Å². The maximum absolute atomic E-state index is 11.4. The summed E-state index contributed by atoms with van der Waals surface area (Å²) in [4.78, 5) is 11.4. The van der Waals surface area contributed by atoms with Crippen LogP contribution >= 0.6 is 28.3 Å². The second-order valence-electron chi connectivity index (χ2n) is 4.03. The Bertz CT molecular complexity index is 371. The molecule has 1 rings (SSSR count). The quantitative estimate of drug-likeness (QED) is 0.894. The van der Waals surface area contributed by atoms with E-state index in [0.717, 1.165) is 10.9 Å². The highest BCUT2D eigenvalue weighted by Gasteiger charge is 2.11. The Kier molecular flexibility index (Phi) is 7.43. The summed E-state index contributed by atoms with van der Waals surface area (Å²) in [6, 6.07) is 7.69. The summed E-state index contributed by atoms with van der Waals surface area (Å²) in [6.07, 6.45) is 0.803. The molecule has 0 heterocycles. The Morgan fingerprint density at radius 1 is 1.47 bits per heavy atom. The Balaban J connectivity index is 0.00000256. The summed E-state index contributed by atoms with van der Waals surface area (Å²) < 4.78 is 1.05. The molecule has 3 N–H and O–H groups in total. The van der Waals surface area contributed by atoms with Gasteiger partial charge in [0.05, 0.1) is 6.04 Å². The van der Waals surface area contributed by atoms with Crippen molar-refractivity contribution in [3.8, 4) is 0 Å². The van der Waals surface area contributed by atoms with E-state index in [2.05, 4.69) is 27.3 Å². The average molecular weight is 322 g/mol. The van der Waals surface area contributed by atoms with Crippen LogP contribution in [0.4, 0.5) is 0 Å². The van der Waals surface area contributed by atoms with E-state index in [1.54, 1.807) is 6.92 Å². The third-order valence-corrected chi connectivity index (χ3v) is 2.73. The first kappa shape index (κ1) is 16.4. The van der Waals surface area contributed by atoms with Gasteiger partial charge < -0.3 is 11.1 Å². The van der Waals surface area contributed by atoms with Gasteiger partial charge in [-0.2, -0.15) is 0 Å². The minimum absolute atomic E-state index is 0. The van der Waals surface area contributed by atoms with Gasteiger partial charge in [0.1, 0.15) is 0 Å².